The van der Waals surface area contributed by atoms with Crippen LogP contribution in [0, 0.1) is 34.8 Å². The summed E-state index contributed by atoms with van der Waals surface area (Å²) in [5.74, 6) is -1.29. The number of nitrogens with one attached hydrogen (secondary N) is 2. The summed E-state index contributed by atoms with van der Waals surface area (Å²) in [4.78, 5) is 31.0. The number of hydrogen-bond donors (Lipinski definition) is 3. The Balaban J connectivity index is 1.28. The van der Waals surface area contributed by atoms with Crippen molar-refractivity contribution in [2.45, 2.75) is 76.2 Å². The monoisotopic (exact) mass is 524 g/mol. The van der Waals surface area contributed by atoms with Gasteiger partial charge >= 0.3 is 0 Å². The Hall–Kier alpha value is -2.87. The van der Waals surface area contributed by atoms with Gasteiger partial charge in [-0.15, -0.1) is 0 Å². The van der Waals surface area contributed by atoms with Gasteiger partial charge in [0.2, 0.25) is 11.8 Å². The van der Waals surface area contributed by atoms with Gasteiger partial charge in [-0.25, -0.2) is 8.78 Å². The summed E-state index contributed by atoms with van der Waals surface area (Å²) in [7, 11) is 0. The Morgan fingerprint density at radius 2 is 1.79 bits per heavy atom. The molecule has 1 aromatic carbocycles. The average molecular weight is 525 g/mol. The van der Waals surface area contributed by atoms with Crippen LogP contribution >= 0.6 is 0 Å². The quantitative estimate of drug-likeness (QED) is 0.470. The first-order chi connectivity index (χ1) is 18.2. The van der Waals surface area contributed by atoms with Gasteiger partial charge in [0.05, 0.1) is 11.5 Å². The first-order valence-electron chi connectivity index (χ1n) is 13.9. The molecule has 204 valence electrons. The molecule has 5 unspecified atom stereocenters. The van der Waals surface area contributed by atoms with Gasteiger partial charge in [-0.05, 0) is 92.5 Å². The molecule has 5 atom stereocenters. The molecule has 5 rings (SSSR count). The number of nitrogens with two attached hydrogens (primary N) is 1. The summed E-state index contributed by atoms with van der Waals surface area (Å²) < 4.78 is 27.6. The molecular formula is C30H38F2N4O2. The Morgan fingerprint density at radius 1 is 1.05 bits per heavy atom. The SMILES string of the molecule is CC1CC2CC(C(N)C(=O)NCC3(c4ccc(F)c(F)c4)CCCC3)CC(C(=O)Nc3ccncc3)(C1)C2. The second-order valence-corrected chi connectivity index (χ2v) is 12.1. The molecule has 4 N–H and O–H groups in total. The minimum atomic E-state index is -0.869. The summed E-state index contributed by atoms with van der Waals surface area (Å²) in [6.07, 6.45) is 10.9. The lowest BCUT2D eigenvalue weighted by Crippen LogP contribution is -2.55. The zero-order chi connectivity index (χ0) is 26.9. The van der Waals surface area contributed by atoms with Crippen molar-refractivity contribution >= 4 is 17.5 Å². The zero-order valence-corrected chi connectivity index (χ0v) is 22.0. The van der Waals surface area contributed by atoms with Crippen molar-refractivity contribution in [2.75, 3.05) is 11.9 Å². The van der Waals surface area contributed by atoms with Crippen molar-refractivity contribution in [3.8, 4) is 0 Å². The van der Waals surface area contributed by atoms with E-state index in [1.165, 1.54) is 6.07 Å². The minimum absolute atomic E-state index is 0.000744. The molecule has 3 aliphatic carbocycles. The van der Waals surface area contributed by atoms with Crippen LogP contribution < -0.4 is 16.4 Å². The predicted molar refractivity (Wildman–Crippen MR) is 142 cm³/mol. The van der Waals surface area contributed by atoms with Gasteiger partial charge in [-0.3, -0.25) is 14.6 Å². The third kappa shape index (κ3) is 5.33. The molecule has 3 aliphatic rings. The van der Waals surface area contributed by atoms with Gasteiger partial charge in [0.25, 0.3) is 0 Å². The summed E-state index contributed by atoms with van der Waals surface area (Å²) in [6.45, 7) is 2.54. The maximum atomic E-state index is 14.0. The maximum absolute atomic E-state index is 14.0. The van der Waals surface area contributed by atoms with Gasteiger partial charge in [0.1, 0.15) is 0 Å². The molecule has 2 bridgehead atoms. The van der Waals surface area contributed by atoms with Crippen LogP contribution in [0.5, 0.6) is 0 Å². The van der Waals surface area contributed by atoms with E-state index in [-0.39, 0.29) is 17.7 Å². The highest BCUT2D eigenvalue weighted by molar-refractivity contribution is 5.95. The molecule has 2 amide bonds. The molecule has 3 saturated carbocycles. The number of hydrogen-bond acceptors (Lipinski definition) is 4. The molecule has 6 nitrogen and oxygen atoms in total. The molecule has 0 spiro atoms. The lowest BCUT2D eigenvalue weighted by molar-refractivity contribution is -0.136. The van der Waals surface area contributed by atoms with E-state index in [9.17, 15) is 18.4 Å². The largest absolute Gasteiger partial charge is 0.354 e. The molecule has 0 saturated heterocycles. The van der Waals surface area contributed by atoms with E-state index in [1.807, 2.05) is 0 Å². The lowest BCUT2D eigenvalue weighted by atomic mass is 9.55. The first kappa shape index (κ1) is 26.7. The van der Waals surface area contributed by atoms with E-state index in [2.05, 4.69) is 22.5 Å². The van der Waals surface area contributed by atoms with Crippen LogP contribution in [0.1, 0.15) is 70.3 Å². The number of nitrogens with zero attached hydrogens (tertiary/aromatic N) is 1. The number of anilines is 1. The van der Waals surface area contributed by atoms with Crippen LogP contribution in [0.2, 0.25) is 0 Å². The Bertz CT molecular complexity index is 1170. The van der Waals surface area contributed by atoms with Crippen LogP contribution in [0.15, 0.2) is 42.7 Å². The normalized spacial score (nSPS) is 28.9. The van der Waals surface area contributed by atoms with Gasteiger partial charge in [-0.1, -0.05) is 25.8 Å². The third-order valence-electron chi connectivity index (χ3n) is 9.37. The second-order valence-electron chi connectivity index (χ2n) is 12.1. The number of rotatable bonds is 7. The number of halogens is 2. The topological polar surface area (TPSA) is 97.1 Å². The molecule has 38 heavy (non-hydrogen) atoms. The van der Waals surface area contributed by atoms with Crippen LogP contribution in [0.3, 0.4) is 0 Å². The van der Waals surface area contributed by atoms with Crippen LogP contribution in [0.4, 0.5) is 14.5 Å². The third-order valence-corrected chi connectivity index (χ3v) is 9.37. The van der Waals surface area contributed by atoms with Gasteiger partial charge < -0.3 is 16.4 Å². The lowest BCUT2D eigenvalue weighted by Gasteiger charge is -2.50. The fourth-order valence-corrected chi connectivity index (χ4v) is 7.68. The van der Waals surface area contributed by atoms with Crippen LogP contribution in [0.25, 0.3) is 0 Å². The molecule has 0 aliphatic heterocycles. The van der Waals surface area contributed by atoms with Crippen molar-refractivity contribution < 1.29 is 18.4 Å². The second kappa shape index (κ2) is 10.7. The molecule has 0 radical (unpaired) electrons. The molecule has 2 aromatic rings. The Morgan fingerprint density at radius 3 is 2.50 bits per heavy atom. The van der Waals surface area contributed by atoms with Crippen molar-refractivity contribution in [3.05, 3.63) is 59.9 Å². The van der Waals surface area contributed by atoms with E-state index in [1.54, 1.807) is 30.6 Å². The number of carbonyl (C=O) groups is 2. The van der Waals surface area contributed by atoms with Gasteiger partial charge in [0.15, 0.2) is 11.6 Å². The highest BCUT2D eigenvalue weighted by atomic mass is 19.2. The van der Waals surface area contributed by atoms with Crippen molar-refractivity contribution in [3.63, 3.8) is 0 Å². The van der Waals surface area contributed by atoms with Crippen LogP contribution in [-0.4, -0.2) is 29.4 Å². The maximum Gasteiger partial charge on any atom is 0.237 e. The predicted octanol–water partition coefficient (Wildman–Crippen LogP) is 5.09. The van der Waals surface area contributed by atoms with Gasteiger partial charge in [-0.2, -0.15) is 0 Å². The smallest absolute Gasteiger partial charge is 0.237 e. The van der Waals surface area contributed by atoms with Crippen molar-refractivity contribution in [2.24, 2.45) is 28.9 Å². The van der Waals surface area contributed by atoms with Gasteiger partial charge in [0, 0.05) is 30.0 Å². The number of carbonyl (C=O) groups excluding carboxylic acids is 2. The van der Waals surface area contributed by atoms with Crippen molar-refractivity contribution in [1.29, 1.82) is 0 Å². The number of benzene rings is 1. The standard InChI is InChI=1S/C30H38F2N4O2/c1-19-12-20-13-21(17-30(15-19,16-20)28(38)36-23-6-10-34-11-7-23)26(33)27(37)35-18-29(8-2-3-9-29)22-4-5-24(31)25(32)14-22/h4-7,10-11,14,19-21,26H,2-3,8-9,12-13,15-18,33H2,1H3,(H,35,37)(H,34,36,38). The fourth-order valence-electron chi connectivity index (χ4n) is 7.68. The Labute approximate surface area is 223 Å². The molecule has 8 heteroatoms. The number of pyridine rings is 1. The summed E-state index contributed by atoms with van der Waals surface area (Å²) in [5, 5.41) is 6.15. The molecular weight excluding hydrogens is 486 g/mol. The van der Waals surface area contributed by atoms with E-state index < -0.39 is 28.5 Å². The molecule has 1 heterocycles. The van der Waals surface area contributed by atoms with E-state index >= 15 is 0 Å². The molecule has 3 fully saturated rings. The highest BCUT2D eigenvalue weighted by Gasteiger charge is 2.51. The first-order valence-corrected chi connectivity index (χ1v) is 13.9. The Kier molecular flexibility index (Phi) is 7.54. The number of fused-ring (bicyclic) bond motifs is 2. The van der Waals surface area contributed by atoms with E-state index in [0.29, 0.717) is 24.8 Å². The summed E-state index contributed by atoms with van der Waals surface area (Å²) >= 11 is 0. The van der Waals surface area contributed by atoms with E-state index in [0.717, 1.165) is 68.7 Å². The average Bonchev–Trinajstić information content (AvgIpc) is 3.38. The van der Waals surface area contributed by atoms with E-state index in [4.69, 9.17) is 5.73 Å². The number of aromatic nitrogens is 1. The fraction of sp³-hybridized carbons (Fsp3) is 0.567. The summed E-state index contributed by atoms with van der Waals surface area (Å²) in [5.41, 5.74) is 7.06. The summed E-state index contributed by atoms with van der Waals surface area (Å²) in [6, 6.07) is 6.89. The molecule has 1 aromatic heterocycles. The van der Waals surface area contributed by atoms with Crippen LogP contribution in [-0.2, 0) is 15.0 Å². The zero-order valence-electron chi connectivity index (χ0n) is 22.0. The van der Waals surface area contributed by atoms with Crippen molar-refractivity contribution in [1.82, 2.24) is 10.3 Å². The highest BCUT2D eigenvalue weighted by Crippen LogP contribution is 2.54. The number of amides is 2. The minimum Gasteiger partial charge on any atom is -0.354 e.